The number of rotatable bonds is 4. The van der Waals surface area contributed by atoms with E-state index < -0.39 is 0 Å². The van der Waals surface area contributed by atoms with E-state index in [-0.39, 0.29) is 0 Å². The van der Waals surface area contributed by atoms with Gasteiger partial charge in [-0.3, -0.25) is 0 Å². The SMILES string of the molecule is CN(SCc1ccccc1)c1ccccc1. The molecule has 1 nitrogen and oxygen atoms in total. The topological polar surface area (TPSA) is 3.24 Å². The Hall–Kier alpha value is -1.41. The molecular weight excluding hydrogens is 214 g/mol. The van der Waals surface area contributed by atoms with Crippen LogP contribution in [0.5, 0.6) is 0 Å². The number of benzene rings is 2. The molecule has 0 N–H and O–H groups in total. The van der Waals surface area contributed by atoms with E-state index in [2.05, 4.69) is 66.0 Å². The van der Waals surface area contributed by atoms with Crippen LogP contribution in [0.1, 0.15) is 5.56 Å². The Labute approximate surface area is 101 Å². The van der Waals surface area contributed by atoms with Crippen LogP contribution in [0.3, 0.4) is 0 Å². The van der Waals surface area contributed by atoms with Crippen LogP contribution >= 0.6 is 11.9 Å². The minimum Gasteiger partial charge on any atom is -0.319 e. The zero-order valence-corrected chi connectivity index (χ0v) is 10.2. The van der Waals surface area contributed by atoms with E-state index in [9.17, 15) is 0 Å². The maximum Gasteiger partial charge on any atom is 0.0466 e. The van der Waals surface area contributed by atoms with Gasteiger partial charge >= 0.3 is 0 Å². The lowest BCUT2D eigenvalue weighted by molar-refractivity contribution is 1.32. The third kappa shape index (κ3) is 3.04. The third-order valence-electron chi connectivity index (χ3n) is 2.39. The fraction of sp³-hybridized carbons (Fsp3) is 0.143. The lowest BCUT2D eigenvalue weighted by atomic mass is 10.2. The molecule has 0 saturated carbocycles. The fourth-order valence-corrected chi connectivity index (χ4v) is 2.26. The van der Waals surface area contributed by atoms with Crippen LogP contribution in [0.25, 0.3) is 0 Å². The third-order valence-corrected chi connectivity index (χ3v) is 3.45. The molecule has 0 heterocycles. The monoisotopic (exact) mass is 229 g/mol. The second-order valence-electron chi connectivity index (χ2n) is 3.59. The minimum absolute atomic E-state index is 1.01. The number of para-hydroxylation sites is 1. The summed E-state index contributed by atoms with van der Waals surface area (Å²) in [5.74, 6) is 1.01. The normalized spacial score (nSPS) is 10.1. The number of hydrogen-bond donors (Lipinski definition) is 0. The van der Waals surface area contributed by atoms with E-state index in [1.807, 2.05) is 18.0 Å². The second-order valence-corrected chi connectivity index (χ2v) is 4.69. The molecule has 0 aliphatic heterocycles. The molecule has 2 rings (SSSR count). The zero-order chi connectivity index (χ0) is 11.2. The zero-order valence-electron chi connectivity index (χ0n) is 9.34. The van der Waals surface area contributed by atoms with Gasteiger partial charge in [-0.2, -0.15) is 0 Å². The lowest BCUT2D eigenvalue weighted by Crippen LogP contribution is -2.06. The van der Waals surface area contributed by atoms with Gasteiger partial charge in [0.05, 0.1) is 0 Å². The fourth-order valence-electron chi connectivity index (χ4n) is 1.46. The maximum atomic E-state index is 2.20. The van der Waals surface area contributed by atoms with Gasteiger partial charge in [0.2, 0.25) is 0 Å². The van der Waals surface area contributed by atoms with Crippen molar-refractivity contribution in [2.24, 2.45) is 0 Å². The van der Waals surface area contributed by atoms with Crippen molar-refractivity contribution in [3.63, 3.8) is 0 Å². The highest BCUT2D eigenvalue weighted by Gasteiger charge is 2.00. The average molecular weight is 229 g/mol. The van der Waals surface area contributed by atoms with Crippen LogP contribution < -0.4 is 4.31 Å². The molecule has 0 unspecified atom stereocenters. The standard InChI is InChI=1S/C14H15NS/c1-15(14-10-6-3-7-11-14)16-12-13-8-4-2-5-9-13/h2-11H,12H2,1H3. The van der Waals surface area contributed by atoms with E-state index in [0.717, 1.165) is 5.75 Å². The Kier molecular flexibility index (Phi) is 3.89. The van der Waals surface area contributed by atoms with Crippen molar-refractivity contribution in [1.82, 2.24) is 0 Å². The lowest BCUT2D eigenvalue weighted by Gasteiger charge is -2.17. The number of nitrogens with zero attached hydrogens (tertiary/aromatic N) is 1. The highest BCUT2D eigenvalue weighted by atomic mass is 32.2. The average Bonchev–Trinajstić information content (AvgIpc) is 2.38. The largest absolute Gasteiger partial charge is 0.319 e. The van der Waals surface area contributed by atoms with Crippen LogP contribution in [0, 0.1) is 0 Å². The first-order valence-corrected chi connectivity index (χ1v) is 6.26. The van der Waals surface area contributed by atoms with Crippen LogP contribution in [0.4, 0.5) is 5.69 Å². The predicted molar refractivity (Wildman–Crippen MR) is 72.6 cm³/mol. The Morgan fingerprint density at radius 3 is 2.06 bits per heavy atom. The molecule has 0 aliphatic rings. The van der Waals surface area contributed by atoms with Gasteiger partial charge in [0.25, 0.3) is 0 Å². The highest BCUT2D eigenvalue weighted by molar-refractivity contribution is 7.99. The van der Waals surface area contributed by atoms with Crippen molar-refractivity contribution in [2.45, 2.75) is 5.75 Å². The van der Waals surface area contributed by atoms with E-state index in [0.29, 0.717) is 0 Å². The smallest absolute Gasteiger partial charge is 0.0466 e. The van der Waals surface area contributed by atoms with Gasteiger partial charge in [0.1, 0.15) is 0 Å². The van der Waals surface area contributed by atoms with Crippen molar-refractivity contribution in [1.29, 1.82) is 0 Å². The molecular formula is C14H15NS. The minimum atomic E-state index is 1.01. The molecule has 2 heteroatoms. The molecule has 0 atom stereocenters. The molecule has 0 aromatic heterocycles. The maximum absolute atomic E-state index is 2.20. The van der Waals surface area contributed by atoms with Gasteiger partial charge in [0.15, 0.2) is 0 Å². The molecule has 0 saturated heterocycles. The van der Waals surface area contributed by atoms with Crippen LogP contribution in [0.15, 0.2) is 60.7 Å². The first-order chi connectivity index (χ1) is 7.86. The number of hydrogen-bond acceptors (Lipinski definition) is 2. The summed E-state index contributed by atoms with van der Waals surface area (Å²) in [4.78, 5) is 0. The Morgan fingerprint density at radius 2 is 1.44 bits per heavy atom. The second kappa shape index (κ2) is 5.61. The van der Waals surface area contributed by atoms with Crippen LogP contribution in [-0.4, -0.2) is 7.05 Å². The van der Waals surface area contributed by atoms with Gasteiger partial charge in [-0.05, 0) is 29.6 Å². The summed E-state index contributed by atoms with van der Waals surface area (Å²) in [6.07, 6.45) is 0. The summed E-state index contributed by atoms with van der Waals surface area (Å²) >= 11 is 1.82. The van der Waals surface area contributed by atoms with Crippen molar-refractivity contribution in [3.8, 4) is 0 Å². The highest BCUT2D eigenvalue weighted by Crippen LogP contribution is 2.22. The molecule has 2 aromatic rings. The molecule has 0 fully saturated rings. The Balaban J connectivity index is 1.92. The summed E-state index contributed by atoms with van der Waals surface area (Å²) in [6.45, 7) is 0. The quantitative estimate of drug-likeness (QED) is 0.730. The van der Waals surface area contributed by atoms with Crippen LogP contribution in [-0.2, 0) is 5.75 Å². The van der Waals surface area contributed by atoms with E-state index in [4.69, 9.17) is 0 Å². The first-order valence-electron chi connectivity index (χ1n) is 5.32. The summed E-state index contributed by atoms with van der Waals surface area (Å²) in [5, 5.41) is 0. The Morgan fingerprint density at radius 1 is 0.875 bits per heavy atom. The van der Waals surface area contributed by atoms with Gasteiger partial charge in [-0.1, -0.05) is 48.5 Å². The van der Waals surface area contributed by atoms with E-state index in [1.54, 1.807) is 0 Å². The van der Waals surface area contributed by atoms with E-state index in [1.165, 1.54) is 11.3 Å². The van der Waals surface area contributed by atoms with Gasteiger partial charge in [-0.25, -0.2) is 0 Å². The van der Waals surface area contributed by atoms with Crippen LogP contribution in [0.2, 0.25) is 0 Å². The van der Waals surface area contributed by atoms with Crippen molar-refractivity contribution in [3.05, 3.63) is 66.2 Å². The predicted octanol–water partition coefficient (Wildman–Crippen LogP) is 3.97. The van der Waals surface area contributed by atoms with Gasteiger partial charge in [-0.15, -0.1) is 0 Å². The Bertz CT molecular complexity index is 413. The number of anilines is 1. The molecule has 0 bridgehead atoms. The molecule has 2 aromatic carbocycles. The first kappa shape index (κ1) is 11.1. The van der Waals surface area contributed by atoms with Gasteiger partial charge < -0.3 is 4.31 Å². The summed E-state index contributed by atoms with van der Waals surface area (Å²) in [6, 6.07) is 20.9. The molecule has 82 valence electrons. The molecule has 0 radical (unpaired) electrons. The summed E-state index contributed by atoms with van der Waals surface area (Å²) in [5.41, 5.74) is 2.60. The summed E-state index contributed by atoms with van der Waals surface area (Å²) < 4.78 is 2.20. The molecule has 0 spiro atoms. The summed E-state index contributed by atoms with van der Waals surface area (Å²) in [7, 11) is 2.10. The van der Waals surface area contributed by atoms with Crippen molar-refractivity contribution in [2.75, 3.05) is 11.4 Å². The molecule has 16 heavy (non-hydrogen) atoms. The molecule has 0 amide bonds. The van der Waals surface area contributed by atoms with Crippen molar-refractivity contribution < 1.29 is 0 Å². The van der Waals surface area contributed by atoms with Gasteiger partial charge in [0, 0.05) is 18.5 Å². The van der Waals surface area contributed by atoms with E-state index >= 15 is 0 Å². The van der Waals surface area contributed by atoms with Crippen molar-refractivity contribution >= 4 is 17.6 Å². The molecule has 0 aliphatic carbocycles.